The zero-order valence-electron chi connectivity index (χ0n) is 9.91. The highest BCUT2D eigenvalue weighted by Crippen LogP contribution is 2.32. The molecule has 3 heteroatoms. The first-order chi connectivity index (χ1) is 7.66. The molecule has 0 saturated heterocycles. The fourth-order valence-electron chi connectivity index (χ4n) is 2.39. The first-order valence-corrected chi connectivity index (χ1v) is 6.82. The van der Waals surface area contributed by atoms with E-state index in [2.05, 4.69) is 40.1 Å². The van der Waals surface area contributed by atoms with Gasteiger partial charge in [0.15, 0.2) is 0 Å². The molecule has 88 valence electrons. The maximum absolute atomic E-state index is 4.08. The molecule has 1 N–H and O–H groups in total. The first kappa shape index (κ1) is 11.9. The Labute approximate surface area is 106 Å². The first-order valence-electron chi connectivity index (χ1n) is 6.03. The molecule has 1 fully saturated rings. The lowest BCUT2D eigenvalue weighted by Gasteiger charge is -2.33. The van der Waals surface area contributed by atoms with Gasteiger partial charge < -0.3 is 5.32 Å². The maximum Gasteiger partial charge on any atom is 0.0590 e. The molecule has 2 rings (SSSR count). The molecule has 3 atom stereocenters. The number of halogens is 1. The summed E-state index contributed by atoms with van der Waals surface area (Å²) in [6.45, 7) is 4.73. The maximum atomic E-state index is 4.08. The lowest BCUT2D eigenvalue weighted by atomic mass is 9.79. The van der Waals surface area contributed by atoms with E-state index in [0.29, 0.717) is 6.04 Å². The van der Waals surface area contributed by atoms with Gasteiger partial charge in [-0.2, -0.15) is 0 Å². The van der Waals surface area contributed by atoms with E-state index < -0.39 is 0 Å². The minimum Gasteiger partial charge on any atom is -0.381 e. The summed E-state index contributed by atoms with van der Waals surface area (Å²) in [4.78, 5) is 4.08. The molecule has 2 nitrogen and oxygen atoms in total. The Kier molecular flexibility index (Phi) is 3.85. The number of hydrogen-bond donors (Lipinski definition) is 1. The van der Waals surface area contributed by atoms with Crippen molar-refractivity contribution in [2.24, 2.45) is 11.8 Å². The summed E-state index contributed by atoms with van der Waals surface area (Å²) >= 11 is 3.53. The van der Waals surface area contributed by atoms with Gasteiger partial charge in [-0.15, -0.1) is 0 Å². The molecule has 1 aliphatic carbocycles. The van der Waals surface area contributed by atoms with Crippen LogP contribution in [-0.4, -0.2) is 11.0 Å². The molecule has 3 unspecified atom stereocenters. The van der Waals surface area contributed by atoms with Crippen molar-refractivity contribution in [3.63, 3.8) is 0 Å². The molecule has 1 saturated carbocycles. The van der Waals surface area contributed by atoms with Crippen molar-refractivity contribution in [2.75, 3.05) is 5.32 Å². The van der Waals surface area contributed by atoms with Crippen molar-refractivity contribution >= 4 is 21.6 Å². The molecule has 16 heavy (non-hydrogen) atoms. The third-order valence-electron chi connectivity index (χ3n) is 3.73. The summed E-state index contributed by atoms with van der Waals surface area (Å²) in [5.41, 5.74) is 1.17. The van der Waals surface area contributed by atoms with Crippen LogP contribution < -0.4 is 5.32 Å². The van der Waals surface area contributed by atoms with E-state index in [0.717, 1.165) is 16.3 Å². The van der Waals surface area contributed by atoms with Gasteiger partial charge in [0, 0.05) is 18.4 Å². The van der Waals surface area contributed by atoms with Gasteiger partial charge in [-0.05, 0) is 53.1 Å². The molecule has 0 aromatic carbocycles. The predicted octanol–water partition coefficient (Wildman–Crippen LogP) is 4.08. The normalized spacial score (nSPS) is 30.1. The van der Waals surface area contributed by atoms with E-state index in [1.54, 1.807) is 0 Å². The molecule has 1 heterocycles. The Balaban J connectivity index is 1.98. The van der Waals surface area contributed by atoms with Crippen LogP contribution in [0.4, 0.5) is 5.69 Å². The fraction of sp³-hybridized carbons (Fsp3) is 0.615. The summed E-state index contributed by atoms with van der Waals surface area (Å²) in [5, 5.41) is 3.61. The monoisotopic (exact) mass is 282 g/mol. The number of aromatic nitrogens is 1. The highest BCUT2D eigenvalue weighted by Gasteiger charge is 2.24. The molecule has 0 spiro atoms. The van der Waals surface area contributed by atoms with Gasteiger partial charge in [-0.25, -0.2) is 0 Å². The molecule has 0 radical (unpaired) electrons. The minimum atomic E-state index is 0.616. The Morgan fingerprint density at radius 3 is 2.81 bits per heavy atom. The molecule has 1 aliphatic rings. The van der Waals surface area contributed by atoms with Crippen molar-refractivity contribution in [1.82, 2.24) is 4.98 Å². The zero-order chi connectivity index (χ0) is 11.5. The summed E-state index contributed by atoms with van der Waals surface area (Å²) in [6, 6.07) is 2.65. The number of nitrogens with zero attached hydrogens (tertiary/aromatic N) is 1. The van der Waals surface area contributed by atoms with Gasteiger partial charge in [0.2, 0.25) is 0 Å². The number of pyridine rings is 1. The van der Waals surface area contributed by atoms with Crippen LogP contribution >= 0.6 is 15.9 Å². The SMILES string of the molecule is CC1CCC(Nc2ccncc2Br)CC1C. The minimum absolute atomic E-state index is 0.616. The third kappa shape index (κ3) is 2.76. The van der Waals surface area contributed by atoms with Crippen molar-refractivity contribution in [3.05, 3.63) is 22.9 Å². The van der Waals surface area contributed by atoms with Crippen LogP contribution in [-0.2, 0) is 0 Å². The number of rotatable bonds is 2. The molecule has 0 bridgehead atoms. The van der Waals surface area contributed by atoms with E-state index in [-0.39, 0.29) is 0 Å². The lowest BCUT2D eigenvalue weighted by Crippen LogP contribution is -2.30. The molecule has 1 aromatic rings. The van der Waals surface area contributed by atoms with Gasteiger partial charge in [-0.3, -0.25) is 4.98 Å². The number of nitrogens with one attached hydrogen (secondary N) is 1. The van der Waals surface area contributed by atoms with E-state index >= 15 is 0 Å². The molecule has 1 aromatic heterocycles. The average molecular weight is 283 g/mol. The van der Waals surface area contributed by atoms with Crippen molar-refractivity contribution in [1.29, 1.82) is 0 Å². The Morgan fingerprint density at radius 2 is 2.12 bits per heavy atom. The van der Waals surface area contributed by atoms with Crippen LogP contribution in [0.2, 0.25) is 0 Å². The quantitative estimate of drug-likeness (QED) is 0.884. The highest BCUT2D eigenvalue weighted by molar-refractivity contribution is 9.10. The van der Waals surface area contributed by atoms with E-state index in [1.807, 2.05) is 18.5 Å². The molecular formula is C13H19BrN2. The third-order valence-corrected chi connectivity index (χ3v) is 4.36. The summed E-state index contributed by atoms with van der Waals surface area (Å²) in [6.07, 6.45) is 7.57. The van der Waals surface area contributed by atoms with Gasteiger partial charge in [0.25, 0.3) is 0 Å². The van der Waals surface area contributed by atoms with E-state index in [4.69, 9.17) is 0 Å². The second-order valence-electron chi connectivity index (χ2n) is 4.96. The highest BCUT2D eigenvalue weighted by atomic mass is 79.9. The van der Waals surface area contributed by atoms with Crippen molar-refractivity contribution in [2.45, 2.75) is 39.2 Å². The van der Waals surface area contributed by atoms with Crippen LogP contribution in [0.3, 0.4) is 0 Å². The topological polar surface area (TPSA) is 24.9 Å². The number of hydrogen-bond acceptors (Lipinski definition) is 2. The average Bonchev–Trinajstić information content (AvgIpc) is 2.27. The largest absolute Gasteiger partial charge is 0.381 e. The van der Waals surface area contributed by atoms with E-state index in [9.17, 15) is 0 Å². The van der Waals surface area contributed by atoms with Gasteiger partial charge in [0.1, 0.15) is 0 Å². The fourth-order valence-corrected chi connectivity index (χ4v) is 2.76. The predicted molar refractivity (Wildman–Crippen MR) is 71.5 cm³/mol. The molecule has 0 aliphatic heterocycles. The van der Waals surface area contributed by atoms with Crippen LogP contribution in [0, 0.1) is 11.8 Å². The van der Waals surface area contributed by atoms with Crippen molar-refractivity contribution in [3.8, 4) is 0 Å². The van der Waals surface area contributed by atoms with Gasteiger partial charge in [-0.1, -0.05) is 13.8 Å². The Morgan fingerprint density at radius 1 is 1.31 bits per heavy atom. The zero-order valence-corrected chi connectivity index (χ0v) is 11.5. The van der Waals surface area contributed by atoms with Crippen LogP contribution in [0.5, 0.6) is 0 Å². The Hall–Kier alpha value is -0.570. The summed E-state index contributed by atoms with van der Waals surface area (Å²) < 4.78 is 1.06. The standard InChI is InChI=1S/C13H19BrN2/c1-9-3-4-11(7-10(9)2)16-13-5-6-15-8-12(13)14/h5-6,8-11H,3-4,7H2,1-2H3,(H,15,16). The van der Waals surface area contributed by atoms with Crippen LogP contribution in [0.1, 0.15) is 33.1 Å². The smallest absolute Gasteiger partial charge is 0.0590 e. The second kappa shape index (κ2) is 5.17. The number of anilines is 1. The second-order valence-corrected chi connectivity index (χ2v) is 5.82. The van der Waals surface area contributed by atoms with Gasteiger partial charge >= 0.3 is 0 Å². The van der Waals surface area contributed by atoms with Crippen LogP contribution in [0.25, 0.3) is 0 Å². The lowest BCUT2D eigenvalue weighted by molar-refractivity contribution is 0.261. The molecule has 0 amide bonds. The van der Waals surface area contributed by atoms with Gasteiger partial charge in [0.05, 0.1) is 10.2 Å². The summed E-state index contributed by atoms with van der Waals surface area (Å²) in [5.74, 6) is 1.70. The summed E-state index contributed by atoms with van der Waals surface area (Å²) in [7, 11) is 0. The molecular weight excluding hydrogens is 264 g/mol. The van der Waals surface area contributed by atoms with Crippen molar-refractivity contribution < 1.29 is 0 Å². The van der Waals surface area contributed by atoms with E-state index in [1.165, 1.54) is 24.9 Å². The van der Waals surface area contributed by atoms with Crippen LogP contribution in [0.15, 0.2) is 22.9 Å². The Bertz CT molecular complexity index is 354.